The summed E-state index contributed by atoms with van der Waals surface area (Å²) >= 11 is 0. The Balaban J connectivity index is 2.72. The van der Waals surface area contributed by atoms with E-state index in [0.717, 1.165) is 0 Å². The third-order valence-corrected chi connectivity index (χ3v) is 4.60. The van der Waals surface area contributed by atoms with Crippen molar-refractivity contribution < 1.29 is 75.8 Å². The summed E-state index contributed by atoms with van der Waals surface area (Å²) in [5.74, 6) is -46.4. The van der Waals surface area contributed by atoms with Crippen LogP contribution in [0, 0.1) is 5.82 Å². The minimum atomic E-state index is -7.62. The van der Waals surface area contributed by atoms with Crippen LogP contribution in [0.1, 0.15) is 11.1 Å². The van der Waals surface area contributed by atoms with Crippen molar-refractivity contribution in [3.8, 4) is 0 Å². The molecule has 1 saturated carbocycles. The van der Waals surface area contributed by atoms with Crippen molar-refractivity contribution in [3.63, 3.8) is 0 Å². The van der Waals surface area contributed by atoms with Crippen molar-refractivity contribution in [2.24, 2.45) is 0 Å². The molecule has 1 aliphatic rings. The monoisotopic (exact) mass is 513 g/mol. The van der Waals surface area contributed by atoms with Crippen LogP contribution in [0.4, 0.5) is 65.9 Å². The lowest BCUT2D eigenvalue weighted by Crippen LogP contribution is -2.85. The number of ketones is 1. The number of benzene rings is 1. The standard InChI is InChI=1S/C16H5F15O2/c17-7-2-1-5(3-6(7)11(19,20)21)8(32)4-9(33)10(18)12(22,23)14(26,27)16(30,31)15(28,29)13(10,24)25/h1-4,32H/p-1/b8-4-. The lowest BCUT2D eigenvalue weighted by molar-refractivity contribution is -0.475. The van der Waals surface area contributed by atoms with E-state index in [1.165, 1.54) is 0 Å². The molecular formula is C16H4F15O2-. The van der Waals surface area contributed by atoms with Gasteiger partial charge in [0.25, 0.3) is 0 Å². The largest absolute Gasteiger partial charge is 0.872 e. The quantitative estimate of drug-likeness (QED) is 0.324. The molecule has 1 aliphatic carbocycles. The fourth-order valence-corrected chi connectivity index (χ4v) is 2.73. The zero-order valence-corrected chi connectivity index (χ0v) is 14.8. The van der Waals surface area contributed by atoms with Gasteiger partial charge in [0.1, 0.15) is 5.82 Å². The van der Waals surface area contributed by atoms with Crippen LogP contribution in [0.5, 0.6) is 0 Å². The van der Waals surface area contributed by atoms with E-state index in [-0.39, 0.29) is 12.1 Å². The molecule has 0 saturated heterocycles. The first-order valence-electron chi connectivity index (χ1n) is 7.81. The maximum Gasteiger partial charge on any atom is 0.419 e. The van der Waals surface area contributed by atoms with Crippen LogP contribution in [0.15, 0.2) is 24.3 Å². The Bertz CT molecular complexity index is 976. The summed E-state index contributed by atoms with van der Waals surface area (Å²) in [5.41, 5.74) is -11.0. The molecule has 1 aromatic carbocycles. The zero-order chi connectivity index (χ0) is 26.2. The fraction of sp³-hybridized carbons (Fsp3) is 0.438. The SMILES string of the molecule is O=C(/C=C(\[O-])c1ccc(F)c(C(F)(F)F)c1)C1(F)C(F)(F)C(F)(F)C(F)(F)C(F)(F)C1(F)F. The van der Waals surface area contributed by atoms with Crippen LogP contribution in [-0.4, -0.2) is 41.1 Å². The second-order valence-electron chi connectivity index (χ2n) is 6.60. The van der Waals surface area contributed by atoms with Crippen LogP contribution in [0.3, 0.4) is 0 Å². The van der Waals surface area contributed by atoms with Gasteiger partial charge in [0.15, 0.2) is 0 Å². The molecule has 0 spiro atoms. The van der Waals surface area contributed by atoms with E-state index >= 15 is 0 Å². The summed E-state index contributed by atoms with van der Waals surface area (Å²) < 4.78 is 200. The number of rotatable bonds is 3. The molecule has 1 aromatic rings. The number of carbonyl (C=O) groups is 1. The Labute approximate surface area is 171 Å². The molecule has 0 aliphatic heterocycles. The number of carbonyl (C=O) groups excluding carboxylic acids is 1. The smallest absolute Gasteiger partial charge is 0.419 e. The molecule has 0 atom stereocenters. The van der Waals surface area contributed by atoms with E-state index in [1.807, 2.05) is 0 Å². The highest BCUT2D eigenvalue weighted by Gasteiger charge is 3.02. The fourth-order valence-electron chi connectivity index (χ4n) is 2.73. The van der Waals surface area contributed by atoms with E-state index in [2.05, 4.69) is 0 Å². The minimum Gasteiger partial charge on any atom is -0.872 e. The van der Waals surface area contributed by atoms with Gasteiger partial charge in [0, 0.05) is 0 Å². The van der Waals surface area contributed by atoms with Crippen LogP contribution < -0.4 is 5.11 Å². The first-order chi connectivity index (χ1) is 14.4. The lowest BCUT2D eigenvalue weighted by atomic mass is 9.70. The topological polar surface area (TPSA) is 40.1 Å². The van der Waals surface area contributed by atoms with E-state index in [4.69, 9.17) is 0 Å². The molecule has 0 N–H and O–H groups in total. The van der Waals surface area contributed by atoms with Crippen LogP contribution in [0.2, 0.25) is 0 Å². The molecule has 0 bridgehead atoms. The zero-order valence-electron chi connectivity index (χ0n) is 14.8. The van der Waals surface area contributed by atoms with Gasteiger partial charge in [0.05, 0.1) is 5.56 Å². The Kier molecular flexibility index (Phi) is 5.60. The van der Waals surface area contributed by atoms with Gasteiger partial charge >= 0.3 is 41.5 Å². The van der Waals surface area contributed by atoms with Crippen LogP contribution in [0.25, 0.3) is 5.76 Å². The summed E-state index contributed by atoms with van der Waals surface area (Å²) in [6, 6.07) is -0.497. The highest BCUT2D eigenvalue weighted by atomic mass is 19.4. The number of halogens is 15. The average molecular weight is 513 g/mol. The molecule has 2 nitrogen and oxygen atoms in total. The van der Waals surface area contributed by atoms with E-state index < -0.39 is 82.1 Å². The highest BCUT2D eigenvalue weighted by molar-refractivity contribution is 6.03. The third kappa shape index (κ3) is 3.09. The van der Waals surface area contributed by atoms with Crippen molar-refractivity contribution in [2.75, 3.05) is 0 Å². The first-order valence-corrected chi connectivity index (χ1v) is 7.81. The van der Waals surface area contributed by atoms with Crippen LogP contribution >= 0.6 is 0 Å². The van der Waals surface area contributed by atoms with E-state index in [1.54, 1.807) is 0 Å². The van der Waals surface area contributed by atoms with Gasteiger partial charge in [0.2, 0.25) is 5.78 Å². The second-order valence-corrected chi connectivity index (χ2v) is 6.60. The highest BCUT2D eigenvalue weighted by Crippen LogP contribution is 2.69. The third-order valence-electron chi connectivity index (χ3n) is 4.60. The van der Waals surface area contributed by atoms with Gasteiger partial charge in [-0.3, -0.25) is 4.79 Å². The number of hydrogen-bond donors (Lipinski definition) is 0. The molecule has 2 rings (SSSR count). The molecule has 0 amide bonds. The van der Waals surface area contributed by atoms with Gasteiger partial charge in [-0.25, -0.2) is 8.78 Å². The summed E-state index contributed by atoms with van der Waals surface area (Å²) in [6.07, 6.45) is -6.88. The molecule has 0 unspecified atom stereocenters. The summed E-state index contributed by atoms with van der Waals surface area (Å²) in [6.45, 7) is 0. The van der Waals surface area contributed by atoms with Gasteiger partial charge in [-0.2, -0.15) is 57.1 Å². The molecule has 1 fully saturated rings. The van der Waals surface area contributed by atoms with Gasteiger partial charge in [-0.05, 0) is 23.8 Å². The molecule has 186 valence electrons. The number of allylic oxidation sites excluding steroid dienone is 1. The van der Waals surface area contributed by atoms with Crippen molar-refractivity contribution in [1.82, 2.24) is 0 Å². The van der Waals surface area contributed by atoms with Gasteiger partial charge in [-0.1, -0.05) is 11.8 Å². The second kappa shape index (κ2) is 6.94. The van der Waals surface area contributed by atoms with Crippen molar-refractivity contribution in [2.45, 2.75) is 41.5 Å². The Hall–Kier alpha value is -2.62. The van der Waals surface area contributed by atoms with E-state index in [0.29, 0.717) is 0 Å². The molecule has 0 heterocycles. The summed E-state index contributed by atoms with van der Waals surface area (Å²) in [5, 5.41) is 11.8. The van der Waals surface area contributed by atoms with Gasteiger partial charge in [-0.15, -0.1) is 0 Å². The van der Waals surface area contributed by atoms with Crippen molar-refractivity contribution in [3.05, 3.63) is 41.2 Å². The van der Waals surface area contributed by atoms with Gasteiger partial charge < -0.3 is 5.11 Å². The lowest BCUT2D eigenvalue weighted by Gasteiger charge is -2.51. The normalized spacial score (nSPS) is 24.9. The Morgan fingerprint density at radius 3 is 1.55 bits per heavy atom. The average Bonchev–Trinajstić information content (AvgIpc) is 2.64. The molecule has 0 radical (unpaired) electrons. The summed E-state index contributed by atoms with van der Waals surface area (Å²) in [7, 11) is 0. The molecular weight excluding hydrogens is 509 g/mol. The Morgan fingerprint density at radius 1 is 0.758 bits per heavy atom. The van der Waals surface area contributed by atoms with Crippen LogP contribution in [-0.2, 0) is 11.0 Å². The Morgan fingerprint density at radius 2 is 1.15 bits per heavy atom. The maximum absolute atomic E-state index is 14.5. The maximum atomic E-state index is 14.5. The molecule has 33 heavy (non-hydrogen) atoms. The van der Waals surface area contributed by atoms with E-state index in [9.17, 15) is 75.8 Å². The predicted octanol–water partition coefficient (Wildman–Crippen LogP) is 5.01. The van der Waals surface area contributed by atoms with Crippen molar-refractivity contribution in [1.29, 1.82) is 0 Å². The first kappa shape index (κ1) is 26.6. The number of hydrogen-bond acceptors (Lipinski definition) is 2. The van der Waals surface area contributed by atoms with Crippen molar-refractivity contribution >= 4 is 11.5 Å². The minimum absolute atomic E-state index is 0.0656. The summed E-state index contributed by atoms with van der Waals surface area (Å²) in [4.78, 5) is 11.7. The number of alkyl halides is 14. The molecule has 17 heteroatoms. The predicted molar refractivity (Wildman–Crippen MR) is 73.0 cm³/mol. The molecule has 0 aromatic heterocycles.